The Morgan fingerprint density at radius 2 is 1.50 bits per heavy atom. The van der Waals surface area contributed by atoms with E-state index in [0.717, 1.165) is 0 Å². The van der Waals surface area contributed by atoms with Crippen LogP contribution in [0.4, 0.5) is 0 Å². The third kappa shape index (κ3) is 1.79. The molecule has 0 heteroatoms. The van der Waals surface area contributed by atoms with E-state index >= 15 is 0 Å². The van der Waals surface area contributed by atoms with Gasteiger partial charge in [-0.05, 0) is 41.7 Å². The first kappa shape index (κ1) is 10.7. The van der Waals surface area contributed by atoms with Gasteiger partial charge in [-0.3, -0.25) is 0 Å². The number of hydrogen-bond donors (Lipinski definition) is 0. The molecule has 0 N–H and O–H groups in total. The number of aryl methyl sites for hydroxylation is 2. The van der Waals surface area contributed by atoms with Crippen molar-refractivity contribution in [2.24, 2.45) is 0 Å². The maximum absolute atomic E-state index is 3.88. The van der Waals surface area contributed by atoms with E-state index < -0.39 is 0 Å². The maximum atomic E-state index is 3.88. The molecule has 2 rings (SSSR count). The van der Waals surface area contributed by atoms with E-state index in [1.807, 2.05) is 12.1 Å². The molecular weight excluding hydrogens is 192 g/mol. The molecule has 0 aliphatic carbocycles. The van der Waals surface area contributed by atoms with Crippen LogP contribution in [0.2, 0.25) is 0 Å². The number of rotatable bonds is 2. The summed E-state index contributed by atoms with van der Waals surface area (Å²) in [5.74, 6) is 0. The van der Waals surface area contributed by atoms with Crippen molar-refractivity contribution < 1.29 is 0 Å². The summed E-state index contributed by atoms with van der Waals surface area (Å²) in [6.45, 7) is 8.19. The molecule has 0 radical (unpaired) electrons. The van der Waals surface area contributed by atoms with Crippen molar-refractivity contribution in [1.29, 1.82) is 0 Å². The lowest BCUT2D eigenvalue weighted by Gasteiger charge is -2.12. The predicted molar refractivity (Wildman–Crippen MR) is 71.4 cm³/mol. The van der Waals surface area contributed by atoms with Crippen LogP contribution in [0, 0.1) is 13.8 Å². The van der Waals surface area contributed by atoms with Crippen LogP contribution in [0.3, 0.4) is 0 Å². The fourth-order valence-corrected chi connectivity index (χ4v) is 2.14. The lowest BCUT2D eigenvalue weighted by molar-refractivity contribution is 1.37. The van der Waals surface area contributed by atoms with Crippen LogP contribution in [0.1, 0.15) is 16.7 Å². The predicted octanol–water partition coefficient (Wildman–Crippen LogP) is 4.61. The van der Waals surface area contributed by atoms with Gasteiger partial charge in [0.1, 0.15) is 0 Å². The van der Waals surface area contributed by atoms with Crippen molar-refractivity contribution in [3.8, 4) is 11.1 Å². The van der Waals surface area contributed by atoms with Crippen molar-refractivity contribution >= 4 is 6.08 Å². The van der Waals surface area contributed by atoms with Crippen LogP contribution in [0.5, 0.6) is 0 Å². The van der Waals surface area contributed by atoms with Crippen LogP contribution in [-0.4, -0.2) is 0 Å². The highest BCUT2D eigenvalue weighted by molar-refractivity contribution is 5.78. The van der Waals surface area contributed by atoms with Gasteiger partial charge in [0.25, 0.3) is 0 Å². The Kier molecular flexibility index (Phi) is 2.91. The summed E-state index contributed by atoms with van der Waals surface area (Å²) >= 11 is 0. The molecule has 2 aromatic carbocycles. The van der Waals surface area contributed by atoms with Gasteiger partial charge in [0.05, 0.1) is 0 Å². The summed E-state index contributed by atoms with van der Waals surface area (Å²) in [5, 5.41) is 0. The second-order valence-electron chi connectivity index (χ2n) is 4.06. The number of hydrogen-bond acceptors (Lipinski definition) is 0. The molecule has 2 aromatic rings. The highest BCUT2D eigenvalue weighted by atomic mass is 14.1. The van der Waals surface area contributed by atoms with E-state index in [4.69, 9.17) is 0 Å². The normalized spacial score (nSPS) is 10.1. The van der Waals surface area contributed by atoms with Crippen molar-refractivity contribution in [2.75, 3.05) is 0 Å². The van der Waals surface area contributed by atoms with Crippen LogP contribution in [0.15, 0.2) is 49.0 Å². The Labute approximate surface area is 97.3 Å². The Bertz CT molecular complexity index is 501. The standard InChI is InChI=1S/C16H16/c1-4-14-10-5-6-11-15(14)16-12(2)8-7-9-13(16)3/h4-11H,1H2,2-3H3. The first-order valence-electron chi connectivity index (χ1n) is 5.52. The zero-order chi connectivity index (χ0) is 11.5. The van der Waals surface area contributed by atoms with Crippen LogP contribution < -0.4 is 0 Å². The Morgan fingerprint density at radius 3 is 2.12 bits per heavy atom. The molecule has 0 atom stereocenters. The van der Waals surface area contributed by atoms with E-state index in [9.17, 15) is 0 Å². The zero-order valence-electron chi connectivity index (χ0n) is 9.83. The van der Waals surface area contributed by atoms with Gasteiger partial charge >= 0.3 is 0 Å². The zero-order valence-corrected chi connectivity index (χ0v) is 9.83. The molecule has 0 spiro atoms. The van der Waals surface area contributed by atoms with Crippen molar-refractivity contribution in [3.05, 3.63) is 65.7 Å². The highest BCUT2D eigenvalue weighted by Gasteiger charge is 2.07. The molecule has 0 aliphatic heterocycles. The summed E-state index contributed by atoms with van der Waals surface area (Å²) in [7, 11) is 0. The third-order valence-electron chi connectivity index (χ3n) is 2.93. The first-order chi connectivity index (χ1) is 7.74. The summed E-state index contributed by atoms with van der Waals surface area (Å²) in [6, 6.07) is 14.8. The molecule has 0 amide bonds. The lowest BCUT2D eigenvalue weighted by Crippen LogP contribution is -1.90. The second-order valence-corrected chi connectivity index (χ2v) is 4.06. The van der Waals surface area contributed by atoms with Gasteiger partial charge in [-0.25, -0.2) is 0 Å². The second kappa shape index (κ2) is 4.36. The molecule has 0 saturated carbocycles. The van der Waals surface area contributed by atoms with Gasteiger partial charge in [-0.1, -0.05) is 55.1 Å². The van der Waals surface area contributed by atoms with Crippen molar-refractivity contribution in [3.63, 3.8) is 0 Å². The van der Waals surface area contributed by atoms with Crippen molar-refractivity contribution in [2.45, 2.75) is 13.8 Å². The topological polar surface area (TPSA) is 0 Å². The van der Waals surface area contributed by atoms with Crippen LogP contribution in [-0.2, 0) is 0 Å². The molecule has 0 bridgehead atoms. The molecule has 0 aromatic heterocycles. The molecule has 0 unspecified atom stereocenters. The summed E-state index contributed by atoms with van der Waals surface area (Å²) in [4.78, 5) is 0. The smallest absolute Gasteiger partial charge is 0.0106 e. The lowest BCUT2D eigenvalue weighted by atomic mass is 9.92. The minimum atomic E-state index is 1.19. The van der Waals surface area contributed by atoms with E-state index in [-0.39, 0.29) is 0 Å². The number of benzene rings is 2. The molecule has 16 heavy (non-hydrogen) atoms. The fraction of sp³-hybridized carbons (Fsp3) is 0.125. The molecule has 80 valence electrons. The maximum Gasteiger partial charge on any atom is -0.0106 e. The average Bonchev–Trinajstić information content (AvgIpc) is 2.29. The van der Waals surface area contributed by atoms with Gasteiger partial charge in [-0.15, -0.1) is 0 Å². The minimum Gasteiger partial charge on any atom is -0.0984 e. The Hall–Kier alpha value is -1.82. The van der Waals surface area contributed by atoms with E-state index in [0.29, 0.717) is 0 Å². The molecule has 0 fully saturated rings. The molecule has 0 aliphatic rings. The van der Waals surface area contributed by atoms with E-state index in [1.54, 1.807) is 0 Å². The Balaban J connectivity index is 2.72. The van der Waals surface area contributed by atoms with E-state index in [1.165, 1.54) is 27.8 Å². The van der Waals surface area contributed by atoms with Gasteiger partial charge in [0, 0.05) is 0 Å². The van der Waals surface area contributed by atoms with Gasteiger partial charge in [-0.2, -0.15) is 0 Å². The van der Waals surface area contributed by atoms with Gasteiger partial charge in [0.15, 0.2) is 0 Å². The monoisotopic (exact) mass is 208 g/mol. The van der Waals surface area contributed by atoms with Crippen molar-refractivity contribution in [1.82, 2.24) is 0 Å². The first-order valence-corrected chi connectivity index (χ1v) is 5.52. The largest absolute Gasteiger partial charge is 0.0984 e. The molecule has 0 nitrogen and oxygen atoms in total. The SMILES string of the molecule is C=Cc1ccccc1-c1c(C)cccc1C. The van der Waals surface area contributed by atoms with Crippen LogP contribution >= 0.6 is 0 Å². The molecule has 0 saturated heterocycles. The average molecular weight is 208 g/mol. The van der Waals surface area contributed by atoms with Gasteiger partial charge in [0.2, 0.25) is 0 Å². The van der Waals surface area contributed by atoms with Gasteiger partial charge < -0.3 is 0 Å². The fourth-order valence-electron chi connectivity index (χ4n) is 2.14. The Morgan fingerprint density at radius 1 is 0.875 bits per heavy atom. The van der Waals surface area contributed by atoms with E-state index in [2.05, 4.69) is 56.8 Å². The molecule has 0 heterocycles. The minimum absolute atomic E-state index is 1.19. The summed E-state index contributed by atoms with van der Waals surface area (Å²) in [6.07, 6.45) is 1.92. The highest BCUT2D eigenvalue weighted by Crippen LogP contribution is 2.30. The summed E-state index contributed by atoms with van der Waals surface area (Å²) in [5.41, 5.74) is 6.43. The summed E-state index contributed by atoms with van der Waals surface area (Å²) < 4.78 is 0. The quantitative estimate of drug-likeness (QED) is 0.676. The third-order valence-corrected chi connectivity index (χ3v) is 2.93. The van der Waals surface area contributed by atoms with Crippen LogP contribution in [0.25, 0.3) is 17.2 Å². The molecular formula is C16H16.